The van der Waals surface area contributed by atoms with Gasteiger partial charge in [-0.3, -0.25) is 14.3 Å². The number of anilines is 1. The van der Waals surface area contributed by atoms with E-state index in [1.54, 1.807) is 23.0 Å². The van der Waals surface area contributed by atoms with Crippen molar-refractivity contribution in [2.75, 3.05) is 18.8 Å². The van der Waals surface area contributed by atoms with Crippen molar-refractivity contribution in [3.63, 3.8) is 0 Å². The molecule has 9 nitrogen and oxygen atoms in total. The van der Waals surface area contributed by atoms with E-state index in [4.69, 9.17) is 5.73 Å². The quantitative estimate of drug-likeness (QED) is 0.696. The second kappa shape index (κ2) is 7.40. The van der Waals surface area contributed by atoms with Crippen molar-refractivity contribution in [2.24, 2.45) is 5.92 Å². The van der Waals surface area contributed by atoms with Crippen LogP contribution in [0, 0.1) is 5.92 Å². The van der Waals surface area contributed by atoms with E-state index in [0.717, 1.165) is 17.7 Å². The monoisotopic (exact) mass is 405 g/mol. The number of nitrogens with two attached hydrogens (primary N) is 1. The minimum absolute atomic E-state index is 0.0344. The number of carbonyl (C=O) groups excluding carboxylic acids is 1. The normalized spacial score (nSPS) is 20.1. The van der Waals surface area contributed by atoms with Crippen molar-refractivity contribution in [1.82, 2.24) is 29.2 Å². The lowest BCUT2D eigenvalue weighted by Crippen LogP contribution is -2.49. The van der Waals surface area contributed by atoms with Crippen LogP contribution in [0.5, 0.6) is 0 Å². The number of fused-ring (bicyclic) bond motifs is 4. The Balaban J connectivity index is 1.39. The zero-order chi connectivity index (χ0) is 20.7. The molecule has 5 rings (SSSR count). The Morgan fingerprint density at radius 1 is 1.17 bits per heavy atom. The number of hydrogen-bond donors (Lipinski definition) is 1. The van der Waals surface area contributed by atoms with Crippen LogP contribution in [0.15, 0.2) is 47.8 Å². The Morgan fingerprint density at radius 3 is 2.87 bits per heavy atom. The maximum absolute atomic E-state index is 12.8. The zero-order valence-corrected chi connectivity index (χ0v) is 16.5. The zero-order valence-electron chi connectivity index (χ0n) is 16.5. The molecule has 1 saturated heterocycles. The standard InChI is InChI=1S/C21H23N7O2/c22-19-9-17(23-13-24-19)15-7-18-16-6-14(11-28(18)21(30)8-15)10-26(12-16)20(29)2-5-27-4-1-3-25-27/h1,3-4,7-9,13-14,16H,2,5-6,10-12H2,(H2,22,23,24)/t14-,16+/m0/s1. The molecule has 0 radical (unpaired) electrons. The highest BCUT2D eigenvalue weighted by Crippen LogP contribution is 2.36. The van der Waals surface area contributed by atoms with Gasteiger partial charge in [0.05, 0.1) is 5.69 Å². The van der Waals surface area contributed by atoms with Crippen LogP contribution in [0.3, 0.4) is 0 Å². The number of aryl methyl sites for hydroxylation is 1. The Bertz CT molecular complexity index is 1140. The predicted octanol–water partition coefficient (Wildman–Crippen LogP) is 1.12. The van der Waals surface area contributed by atoms with Gasteiger partial charge in [-0.1, -0.05) is 0 Å². The summed E-state index contributed by atoms with van der Waals surface area (Å²) in [6.07, 6.45) is 6.39. The summed E-state index contributed by atoms with van der Waals surface area (Å²) in [5, 5.41) is 4.16. The number of rotatable bonds is 4. The first kappa shape index (κ1) is 18.5. The number of hydrogen-bond acceptors (Lipinski definition) is 6. The predicted molar refractivity (Wildman–Crippen MR) is 110 cm³/mol. The summed E-state index contributed by atoms with van der Waals surface area (Å²) in [5.74, 6) is 0.932. The SMILES string of the molecule is Nc1cc(-c2cc3n(c(=O)c2)C[C@H]2C[C@@H]3CN(C(=O)CCn3cccn3)C2)ncn1. The summed E-state index contributed by atoms with van der Waals surface area (Å²) >= 11 is 0. The Hall–Kier alpha value is -3.49. The summed E-state index contributed by atoms with van der Waals surface area (Å²) in [6, 6.07) is 7.15. The number of amides is 1. The molecule has 0 saturated carbocycles. The van der Waals surface area contributed by atoms with Gasteiger partial charge in [-0.05, 0) is 24.5 Å². The average molecular weight is 405 g/mol. The molecular formula is C21H23N7O2. The molecule has 0 unspecified atom stereocenters. The molecule has 0 aliphatic carbocycles. The van der Waals surface area contributed by atoms with Crippen LogP contribution in [-0.4, -0.2) is 48.2 Å². The van der Waals surface area contributed by atoms with Gasteiger partial charge in [0.25, 0.3) is 5.56 Å². The van der Waals surface area contributed by atoms with E-state index >= 15 is 0 Å². The molecule has 0 aromatic carbocycles. The molecule has 1 amide bonds. The van der Waals surface area contributed by atoms with Crippen molar-refractivity contribution in [1.29, 1.82) is 0 Å². The summed E-state index contributed by atoms with van der Waals surface area (Å²) < 4.78 is 3.63. The third-order valence-corrected chi connectivity index (χ3v) is 6.01. The fourth-order valence-corrected chi connectivity index (χ4v) is 4.64. The van der Waals surface area contributed by atoms with Gasteiger partial charge in [0.2, 0.25) is 5.91 Å². The van der Waals surface area contributed by atoms with Crippen molar-refractivity contribution >= 4 is 11.7 Å². The second-order valence-corrected chi connectivity index (χ2v) is 8.06. The highest BCUT2D eigenvalue weighted by molar-refractivity contribution is 5.76. The molecule has 2 aliphatic heterocycles. The smallest absolute Gasteiger partial charge is 0.251 e. The van der Waals surface area contributed by atoms with Gasteiger partial charge in [-0.2, -0.15) is 5.10 Å². The van der Waals surface area contributed by atoms with Crippen LogP contribution in [0.4, 0.5) is 5.82 Å². The molecule has 5 heterocycles. The van der Waals surface area contributed by atoms with Gasteiger partial charge in [-0.15, -0.1) is 0 Å². The van der Waals surface area contributed by atoms with Crippen molar-refractivity contribution in [2.45, 2.75) is 31.8 Å². The maximum atomic E-state index is 12.8. The summed E-state index contributed by atoms with van der Waals surface area (Å²) in [6.45, 7) is 2.54. The summed E-state index contributed by atoms with van der Waals surface area (Å²) in [4.78, 5) is 35.8. The van der Waals surface area contributed by atoms with Crippen LogP contribution in [0.25, 0.3) is 11.3 Å². The van der Waals surface area contributed by atoms with Crippen LogP contribution >= 0.6 is 0 Å². The highest BCUT2D eigenvalue weighted by atomic mass is 16.2. The number of likely N-dealkylation sites (tertiary alicyclic amines) is 1. The molecule has 1 fully saturated rings. The summed E-state index contributed by atoms with van der Waals surface area (Å²) in [7, 11) is 0. The van der Waals surface area contributed by atoms with Gasteiger partial charge in [-0.25, -0.2) is 9.97 Å². The molecule has 154 valence electrons. The van der Waals surface area contributed by atoms with Gasteiger partial charge in [0.15, 0.2) is 0 Å². The van der Waals surface area contributed by atoms with Crippen molar-refractivity contribution < 1.29 is 4.79 Å². The van der Waals surface area contributed by atoms with E-state index in [9.17, 15) is 9.59 Å². The van der Waals surface area contributed by atoms with E-state index in [2.05, 4.69) is 15.1 Å². The molecule has 0 spiro atoms. The Kier molecular flexibility index (Phi) is 4.57. The largest absolute Gasteiger partial charge is 0.384 e. The Labute approximate surface area is 173 Å². The van der Waals surface area contributed by atoms with Gasteiger partial charge < -0.3 is 15.2 Å². The van der Waals surface area contributed by atoms with Gasteiger partial charge in [0.1, 0.15) is 12.1 Å². The molecule has 2 N–H and O–H groups in total. The molecular weight excluding hydrogens is 382 g/mol. The molecule has 2 bridgehead atoms. The lowest BCUT2D eigenvalue weighted by atomic mass is 9.82. The van der Waals surface area contributed by atoms with Crippen LogP contribution < -0.4 is 11.3 Å². The average Bonchev–Trinajstić information content (AvgIpc) is 3.26. The van der Waals surface area contributed by atoms with Crippen LogP contribution in [0.1, 0.15) is 24.5 Å². The number of aromatic nitrogens is 5. The molecule has 9 heteroatoms. The summed E-state index contributed by atoms with van der Waals surface area (Å²) in [5.41, 5.74) is 8.09. The first-order valence-corrected chi connectivity index (χ1v) is 10.1. The number of carbonyl (C=O) groups is 1. The minimum atomic E-state index is -0.0344. The number of pyridine rings is 1. The van der Waals surface area contributed by atoms with E-state index in [1.165, 1.54) is 6.33 Å². The lowest BCUT2D eigenvalue weighted by molar-refractivity contribution is -0.134. The van der Waals surface area contributed by atoms with E-state index in [-0.39, 0.29) is 17.4 Å². The van der Waals surface area contributed by atoms with Crippen LogP contribution in [0.2, 0.25) is 0 Å². The second-order valence-electron chi connectivity index (χ2n) is 8.06. The number of piperidine rings is 1. The third-order valence-electron chi connectivity index (χ3n) is 6.01. The highest BCUT2D eigenvalue weighted by Gasteiger charge is 2.36. The molecule has 3 aromatic heterocycles. The van der Waals surface area contributed by atoms with Crippen LogP contribution in [-0.2, 0) is 17.9 Å². The first-order valence-electron chi connectivity index (χ1n) is 10.1. The van der Waals surface area contributed by atoms with E-state index in [1.807, 2.05) is 27.8 Å². The molecule has 2 atom stereocenters. The Morgan fingerprint density at radius 2 is 2.07 bits per heavy atom. The molecule has 30 heavy (non-hydrogen) atoms. The van der Waals surface area contributed by atoms with Crippen molar-refractivity contribution in [3.8, 4) is 11.3 Å². The first-order chi connectivity index (χ1) is 14.6. The van der Waals surface area contributed by atoms with E-state index in [0.29, 0.717) is 50.0 Å². The maximum Gasteiger partial charge on any atom is 0.251 e. The lowest BCUT2D eigenvalue weighted by Gasteiger charge is -2.43. The van der Waals surface area contributed by atoms with E-state index < -0.39 is 0 Å². The molecule has 2 aliphatic rings. The number of nitrogens with zero attached hydrogens (tertiary/aromatic N) is 6. The van der Waals surface area contributed by atoms with Gasteiger partial charge >= 0.3 is 0 Å². The number of nitrogen functional groups attached to an aromatic ring is 1. The van der Waals surface area contributed by atoms with Crippen molar-refractivity contribution in [3.05, 3.63) is 59.0 Å². The fourth-order valence-electron chi connectivity index (χ4n) is 4.64. The minimum Gasteiger partial charge on any atom is -0.384 e. The topological polar surface area (TPSA) is 112 Å². The molecule has 3 aromatic rings. The third kappa shape index (κ3) is 3.47. The fraction of sp³-hybridized carbons (Fsp3) is 0.381. The van der Waals surface area contributed by atoms with Gasteiger partial charge in [0, 0.05) is 74.3 Å².